The lowest BCUT2D eigenvalue weighted by atomic mass is 10.3. The standard InChI is InChI=1S/C16H22FN5O/c1-3-18-16(20-12-14-7-8-21-22(14)2)19-9-10-23-15-6-4-5-13(17)11-15/h4-8,11H,3,9-10,12H2,1-2H3,(H2,18,19,20). The molecule has 0 unspecified atom stereocenters. The summed E-state index contributed by atoms with van der Waals surface area (Å²) in [5.41, 5.74) is 1.03. The van der Waals surface area contributed by atoms with Crippen LogP contribution in [0, 0.1) is 5.82 Å². The van der Waals surface area contributed by atoms with Crippen molar-refractivity contribution < 1.29 is 9.13 Å². The Labute approximate surface area is 135 Å². The minimum Gasteiger partial charge on any atom is -0.492 e. The maximum atomic E-state index is 13.0. The molecule has 0 bridgehead atoms. The Bertz CT molecular complexity index is 641. The van der Waals surface area contributed by atoms with Gasteiger partial charge in [0.25, 0.3) is 0 Å². The summed E-state index contributed by atoms with van der Waals surface area (Å²) in [4.78, 5) is 4.49. The molecule has 0 aliphatic carbocycles. The van der Waals surface area contributed by atoms with E-state index in [2.05, 4.69) is 20.7 Å². The summed E-state index contributed by atoms with van der Waals surface area (Å²) in [5.74, 6) is 0.918. The number of nitrogens with zero attached hydrogens (tertiary/aromatic N) is 3. The van der Waals surface area contributed by atoms with Crippen molar-refractivity contribution in [2.45, 2.75) is 13.5 Å². The van der Waals surface area contributed by atoms with Crippen LogP contribution in [-0.2, 0) is 13.6 Å². The molecule has 124 valence electrons. The maximum absolute atomic E-state index is 13.0. The van der Waals surface area contributed by atoms with Gasteiger partial charge in [0.15, 0.2) is 5.96 Å². The van der Waals surface area contributed by atoms with Crippen molar-refractivity contribution >= 4 is 5.96 Å². The summed E-state index contributed by atoms with van der Waals surface area (Å²) in [5, 5.41) is 10.5. The molecule has 0 amide bonds. The molecule has 6 nitrogen and oxygen atoms in total. The van der Waals surface area contributed by atoms with E-state index in [0.29, 0.717) is 31.4 Å². The number of aliphatic imine (C=N–C) groups is 1. The van der Waals surface area contributed by atoms with Gasteiger partial charge in [0.1, 0.15) is 18.2 Å². The third-order valence-corrected chi connectivity index (χ3v) is 3.13. The van der Waals surface area contributed by atoms with Crippen molar-refractivity contribution in [3.8, 4) is 5.75 Å². The second kappa shape index (κ2) is 8.77. The topological polar surface area (TPSA) is 63.5 Å². The highest BCUT2D eigenvalue weighted by Crippen LogP contribution is 2.11. The number of halogens is 1. The third kappa shape index (κ3) is 5.61. The summed E-state index contributed by atoms with van der Waals surface area (Å²) in [7, 11) is 1.89. The zero-order chi connectivity index (χ0) is 16.5. The van der Waals surface area contributed by atoms with Gasteiger partial charge in [-0.25, -0.2) is 9.38 Å². The Morgan fingerprint density at radius 3 is 2.91 bits per heavy atom. The van der Waals surface area contributed by atoms with Gasteiger partial charge in [-0.2, -0.15) is 5.10 Å². The Kier molecular flexibility index (Phi) is 6.40. The van der Waals surface area contributed by atoms with Crippen molar-refractivity contribution in [1.29, 1.82) is 0 Å². The molecule has 7 heteroatoms. The number of hydrogen-bond acceptors (Lipinski definition) is 3. The highest BCUT2D eigenvalue weighted by Gasteiger charge is 2.01. The molecule has 2 N–H and O–H groups in total. The number of rotatable bonds is 7. The molecule has 0 aliphatic rings. The first kappa shape index (κ1) is 16.8. The molecular formula is C16H22FN5O. The molecule has 0 spiro atoms. The zero-order valence-electron chi connectivity index (χ0n) is 13.4. The highest BCUT2D eigenvalue weighted by molar-refractivity contribution is 5.79. The largest absolute Gasteiger partial charge is 0.492 e. The van der Waals surface area contributed by atoms with Crippen LogP contribution in [0.25, 0.3) is 0 Å². The monoisotopic (exact) mass is 319 g/mol. The van der Waals surface area contributed by atoms with Crippen molar-refractivity contribution in [2.24, 2.45) is 12.0 Å². The summed E-state index contributed by atoms with van der Waals surface area (Å²) >= 11 is 0. The van der Waals surface area contributed by atoms with Gasteiger partial charge < -0.3 is 15.4 Å². The highest BCUT2D eigenvalue weighted by atomic mass is 19.1. The Morgan fingerprint density at radius 1 is 1.35 bits per heavy atom. The van der Waals surface area contributed by atoms with E-state index in [0.717, 1.165) is 12.2 Å². The fourth-order valence-corrected chi connectivity index (χ4v) is 1.95. The second-order valence-corrected chi connectivity index (χ2v) is 4.87. The second-order valence-electron chi connectivity index (χ2n) is 4.87. The molecule has 0 atom stereocenters. The van der Waals surface area contributed by atoms with E-state index in [9.17, 15) is 4.39 Å². The molecule has 1 aromatic heterocycles. The van der Waals surface area contributed by atoms with E-state index in [1.807, 2.05) is 20.0 Å². The van der Waals surface area contributed by atoms with Gasteiger partial charge in [0.05, 0.1) is 18.8 Å². The first-order chi connectivity index (χ1) is 11.2. The lowest BCUT2D eigenvalue weighted by molar-refractivity contribution is 0.320. The van der Waals surface area contributed by atoms with Crippen LogP contribution in [0.4, 0.5) is 4.39 Å². The van der Waals surface area contributed by atoms with E-state index in [-0.39, 0.29) is 5.82 Å². The minimum absolute atomic E-state index is 0.304. The van der Waals surface area contributed by atoms with E-state index < -0.39 is 0 Å². The Hall–Kier alpha value is -2.57. The van der Waals surface area contributed by atoms with Crippen molar-refractivity contribution in [3.63, 3.8) is 0 Å². The van der Waals surface area contributed by atoms with E-state index in [4.69, 9.17) is 4.74 Å². The van der Waals surface area contributed by atoms with Gasteiger partial charge in [0, 0.05) is 25.9 Å². The van der Waals surface area contributed by atoms with Crippen LogP contribution in [0.3, 0.4) is 0 Å². The van der Waals surface area contributed by atoms with Crippen LogP contribution in [0.2, 0.25) is 0 Å². The van der Waals surface area contributed by atoms with Crippen LogP contribution in [0.5, 0.6) is 5.75 Å². The van der Waals surface area contributed by atoms with Crippen LogP contribution in [0.1, 0.15) is 12.6 Å². The lowest BCUT2D eigenvalue weighted by Crippen LogP contribution is -2.39. The molecule has 2 rings (SSSR count). The van der Waals surface area contributed by atoms with E-state index >= 15 is 0 Å². The van der Waals surface area contributed by atoms with Gasteiger partial charge in [-0.15, -0.1) is 0 Å². The summed E-state index contributed by atoms with van der Waals surface area (Å²) in [6.45, 7) is 4.29. The molecular weight excluding hydrogens is 297 g/mol. The molecule has 1 aromatic carbocycles. The van der Waals surface area contributed by atoms with Crippen LogP contribution >= 0.6 is 0 Å². The van der Waals surface area contributed by atoms with Gasteiger partial charge in [-0.1, -0.05) is 6.07 Å². The quantitative estimate of drug-likeness (QED) is 0.463. The molecule has 0 saturated carbocycles. The number of aromatic nitrogens is 2. The number of benzene rings is 1. The average Bonchev–Trinajstić information content (AvgIpc) is 2.94. The van der Waals surface area contributed by atoms with Crippen LogP contribution < -0.4 is 15.4 Å². The Morgan fingerprint density at radius 2 is 2.22 bits per heavy atom. The van der Waals surface area contributed by atoms with Gasteiger partial charge in [0.2, 0.25) is 0 Å². The minimum atomic E-state index is -0.304. The van der Waals surface area contributed by atoms with Gasteiger partial charge >= 0.3 is 0 Å². The van der Waals surface area contributed by atoms with Gasteiger partial charge in [-0.05, 0) is 25.1 Å². The zero-order valence-corrected chi connectivity index (χ0v) is 13.4. The van der Waals surface area contributed by atoms with Crippen molar-refractivity contribution in [1.82, 2.24) is 20.4 Å². The molecule has 0 fully saturated rings. The van der Waals surface area contributed by atoms with Crippen LogP contribution in [-0.4, -0.2) is 35.4 Å². The Balaban J connectivity index is 1.79. The predicted octanol–water partition coefficient (Wildman–Crippen LogP) is 1.69. The summed E-state index contributed by atoms with van der Waals surface area (Å²) in [6, 6.07) is 8.03. The molecule has 0 aliphatic heterocycles. The summed E-state index contributed by atoms with van der Waals surface area (Å²) < 4.78 is 20.3. The first-order valence-electron chi connectivity index (χ1n) is 7.56. The lowest BCUT2D eigenvalue weighted by Gasteiger charge is -2.12. The molecule has 2 aromatic rings. The predicted molar refractivity (Wildman–Crippen MR) is 87.9 cm³/mol. The number of ether oxygens (including phenoxy) is 1. The number of nitrogens with one attached hydrogen (secondary N) is 2. The number of aryl methyl sites for hydroxylation is 1. The smallest absolute Gasteiger partial charge is 0.191 e. The molecule has 1 heterocycles. The number of hydrogen-bond donors (Lipinski definition) is 2. The maximum Gasteiger partial charge on any atom is 0.191 e. The number of guanidine groups is 1. The fourth-order valence-electron chi connectivity index (χ4n) is 1.95. The van der Waals surface area contributed by atoms with Gasteiger partial charge in [-0.3, -0.25) is 4.68 Å². The van der Waals surface area contributed by atoms with E-state index in [1.165, 1.54) is 12.1 Å². The van der Waals surface area contributed by atoms with Crippen molar-refractivity contribution in [2.75, 3.05) is 19.7 Å². The SMILES string of the molecule is CCNC(=NCc1ccnn1C)NCCOc1cccc(F)c1. The van der Waals surface area contributed by atoms with E-state index in [1.54, 1.807) is 23.0 Å². The normalized spacial score (nSPS) is 11.3. The molecule has 0 saturated heterocycles. The average molecular weight is 319 g/mol. The fraction of sp³-hybridized carbons (Fsp3) is 0.375. The van der Waals surface area contributed by atoms with Crippen LogP contribution in [0.15, 0.2) is 41.5 Å². The summed E-state index contributed by atoms with van der Waals surface area (Å²) in [6.07, 6.45) is 1.75. The third-order valence-electron chi connectivity index (χ3n) is 3.13. The molecule has 23 heavy (non-hydrogen) atoms. The van der Waals surface area contributed by atoms with Crippen molar-refractivity contribution in [3.05, 3.63) is 48.0 Å². The molecule has 0 radical (unpaired) electrons. The first-order valence-corrected chi connectivity index (χ1v) is 7.56.